The fourth-order valence-electron chi connectivity index (χ4n) is 2.07. The molecule has 1 saturated carbocycles. The van der Waals surface area contributed by atoms with Crippen molar-refractivity contribution in [1.82, 2.24) is 0 Å². The molecule has 0 spiro atoms. The highest BCUT2D eigenvalue weighted by atomic mass is 35.5. The minimum absolute atomic E-state index is 0.000985. The monoisotopic (exact) mass is 266 g/mol. The van der Waals surface area contributed by atoms with Crippen molar-refractivity contribution in [2.75, 3.05) is 0 Å². The van der Waals surface area contributed by atoms with Gasteiger partial charge in [-0.2, -0.15) is 0 Å². The van der Waals surface area contributed by atoms with Crippen LogP contribution in [0.5, 0.6) is 0 Å². The first-order chi connectivity index (χ1) is 8.10. The van der Waals surface area contributed by atoms with Crippen molar-refractivity contribution in [1.29, 1.82) is 0 Å². The minimum atomic E-state index is -0.244. The predicted octanol–water partition coefficient (Wildman–Crippen LogP) is 5.26. The van der Waals surface area contributed by atoms with Gasteiger partial charge in [-0.15, -0.1) is 11.3 Å². The van der Waals surface area contributed by atoms with Crippen molar-refractivity contribution in [3.63, 3.8) is 0 Å². The van der Waals surface area contributed by atoms with Gasteiger partial charge in [-0.05, 0) is 53.0 Å². The molecule has 0 radical (unpaired) electrons. The topological polar surface area (TPSA) is 0 Å². The second-order valence-electron chi connectivity index (χ2n) is 4.86. The second-order valence-corrected chi connectivity index (χ2v) is 6.21. The minimum Gasteiger partial charge on any atom is -0.205 e. The molecule has 0 nitrogen and oxygen atoms in total. The maximum atomic E-state index is 14.0. The highest BCUT2D eigenvalue weighted by Gasteiger charge is 2.41. The summed E-state index contributed by atoms with van der Waals surface area (Å²) in [5.41, 5.74) is 1.80. The van der Waals surface area contributed by atoms with E-state index in [4.69, 9.17) is 11.6 Å². The highest BCUT2D eigenvalue weighted by molar-refractivity contribution is 7.13. The molecule has 0 amide bonds. The van der Waals surface area contributed by atoms with E-state index >= 15 is 0 Å². The van der Waals surface area contributed by atoms with E-state index in [0.717, 1.165) is 28.8 Å². The van der Waals surface area contributed by atoms with Crippen LogP contribution in [0.2, 0.25) is 5.02 Å². The molecule has 88 valence electrons. The summed E-state index contributed by atoms with van der Waals surface area (Å²) < 4.78 is 14.0. The summed E-state index contributed by atoms with van der Waals surface area (Å²) in [6.07, 6.45) is 2.10. The van der Waals surface area contributed by atoms with Crippen LogP contribution in [0, 0.1) is 5.82 Å². The first-order valence-corrected chi connectivity index (χ1v) is 6.89. The van der Waals surface area contributed by atoms with Crippen LogP contribution in [-0.4, -0.2) is 0 Å². The van der Waals surface area contributed by atoms with Gasteiger partial charge in [-0.1, -0.05) is 24.6 Å². The summed E-state index contributed by atoms with van der Waals surface area (Å²) in [6, 6.07) is 7.71. The lowest BCUT2D eigenvalue weighted by Crippen LogP contribution is -2.04. The molecule has 3 rings (SSSR count). The summed E-state index contributed by atoms with van der Waals surface area (Å²) in [7, 11) is 0. The molecule has 0 saturated heterocycles. The normalized spacial score (nSPS) is 17.1. The lowest BCUT2D eigenvalue weighted by molar-refractivity contribution is 0.587. The largest absolute Gasteiger partial charge is 0.205 e. The molecule has 0 unspecified atom stereocenters. The Kier molecular flexibility index (Phi) is 2.53. The summed E-state index contributed by atoms with van der Waals surface area (Å²) in [4.78, 5) is 1.14. The van der Waals surface area contributed by atoms with Crippen molar-refractivity contribution in [2.24, 2.45) is 0 Å². The predicted molar refractivity (Wildman–Crippen MR) is 71.3 cm³/mol. The molecule has 3 heteroatoms. The van der Waals surface area contributed by atoms with Gasteiger partial charge in [0.05, 0.1) is 5.02 Å². The van der Waals surface area contributed by atoms with Crippen LogP contribution in [0.3, 0.4) is 0 Å². The Morgan fingerprint density at radius 3 is 2.71 bits per heavy atom. The van der Waals surface area contributed by atoms with Crippen LogP contribution >= 0.6 is 22.9 Å². The quantitative estimate of drug-likeness (QED) is 0.696. The fraction of sp³-hybridized carbons (Fsp3) is 0.286. The number of rotatable bonds is 2. The van der Waals surface area contributed by atoms with Gasteiger partial charge in [0.25, 0.3) is 0 Å². The Morgan fingerprint density at radius 2 is 2.12 bits per heavy atom. The van der Waals surface area contributed by atoms with Gasteiger partial charge in [0.2, 0.25) is 0 Å². The maximum absolute atomic E-state index is 14.0. The van der Waals surface area contributed by atoms with Crippen LogP contribution in [0.25, 0.3) is 10.4 Å². The molecule has 0 aliphatic heterocycles. The number of halogens is 2. The van der Waals surface area contributed by atoms with E-state index in [0.29, 0.717) is 0 Å². The van der Waals surface area contributed by atoms with Gasteiger partial charge in [0, 0.05) is 4.88 Å². The molecule has 0 N–H and O–H groups in total. The molecular formula is C14H12ClFS. The van der Waals surface area contributed by atoms with Gasteiger partial charge < -0.3 is 0 Å². The van der Waals surface area contributed by atoms with Crippen LogP contribution in [0.1, 0.15) is 25.3 Å². The van der Waals surface area contributed by atoms with Crippen molar-refractivity contribution in [2.45, 2.75) is 25.2 Å². The number of thiophene rings is 1. The lowest BCUT2D eigenvalue weighted by atomic mass is 9.95. The molecule has 1 fully saturated rings. The molecular weight excluding hydrogens is 255 g/mol. The molecule has 1 heterocycles. The van der Waals surface area contributed by atoms with Crippen molar-refractivity contribution < 1.29 is 4.39 Å². The summed E-state index contributed by atoms with van der Waals surface area (Å²) >= 11 is 7.65. The van der Waals surface area contributed by atoms with Gasteiger partial charge in [0.1, 0.15) is 5.82 Å². The third-order valence-corrected chi connectivity index (χ3v) is 4.68. The van der Waals surface area contributed by atoms with Crippen LogP contribution in [0.4, 0.5) is 4.39 Å². The van der Waals surface area contributed by atoms with Gasteiger partial charge >= 0.3 is 0 Å². The van der Waals surface area contributed by atoms with E-state index in [1.807, 2.05) is 23.6 Å². The Labute approximate surface area is 109 Å². The molecule has 2 aromatic rings. The SMILES string of the molecule is CC1(c2cc(-c3cccs3)cc(Cl)c2F)CC1. The molecule has 17 heavy (non-hydrogen) atoms. The third-order valence-electron chi connectivity index (χ3n) is 3.48. The Bertz CT molecular complexity index is 556. The average Bonchev–Trinajstić information content (AvgIpc) is 2.83. The molecule has 0 atom stereocenters. The Balaban J connectivity index is 2.16. The lowest BCUT2D eigenvalue weighted by Gasteiger charge is -2.13. The Hall–Kier alpha value is -0.860. The smallest absolute Gasteiger partial charge is 0.145 e. The first kappa shape index (κ1) is 11.2. The van der Waals surface area contributed by atoms with E-state index in [9.17, 15) is 4.39 Å². The number of hydrogen-bond acceptors (Lipinski definition) is 1. The van der Waals surface area contributed by atoms with Crippen LogP contribution in [-0.2, 0) is 5.41 Å². The Morgan fingerprint density at radius 1 is 1.35 bits per heavy atom. The zero-order valence-corrected chi connectivity index (χ0v) is 11.0. The van der Waals surface area contributed by atoms with Gasteiger partial charge in [-0.25, -0.2) is 4.39 Å². The number of benzene rings is 1. The van der Waals surface area contributed by atoms with E-state index in [1.165, 1.54) is 0 Å². The van der Waals surface area contributed by atoms with Crippen LogP contribution in [0.15, 0.2) is 29.6 Å². The summed E-state index contributed by atoms with van der Waals surface area (Å²) in [5.74, 6) is -0.244. The van der Waals surface area contributed by atoms with E-state index in [-0.39, 0.29) is 16.3 Å². The van der Waals surface area contributed by atoms with Crippen LogP contribution < -0.4 is 0 Å². The molecule has 1 aromatic heterocycles. The molecule has 1 aliphatic carbocycles. The summed E-state index contributed by atoms with van der Waals surface area (Å²) in [6.45, 7) is 2.10. The third kappa shape index (κ3) is 1.90. The first-order valence-electron chi connectivity index (χ1n) is 5.63. The number of hydrogen-bond donors (Lipinski definition) is 0. The standard InChI is InChI=1S/C14H12ClFS/c1-14(4-5-14)10-7-9(8-11(15)13(10)16)12-3-2-6-17-12/h2-3,6-8H,4-5H2,1H3. The maximum Gasteiger partial charge on any atom is 0.145 e. The molecule has 0 bridgehead atoms. The second kappa shape index (κ2) is 3.82. The van der Waals surface area contributed by atoms with Crippen molar-refractivity contribution >= 4 is 22.9 Å². The van der Waals surface area contributed by atoms with Gasteiger partial charge in [0.15, 0.2) is 0 Å². The fourth-order valence-corrected chi connectivity index (χ4v) is 3.00. The van der Waals surface area contributed by atoms with E-state index in [1.54, 1.807) is 17.4 Å². The highest BCUT2D eigenvalue weighted by Crippen LogP contribution is 2.50. The van der Waals surface area contributed by atoms with E-state index in [2.05, 4.69) is 6.92 Å². The zero-order valence-electron chi connectivity index (χ0n) is 9.47. The summed E-state index contributed by atoms with van der Waals surface area (Å²) in [5, 5.41) is 2.25. The zero-order chi connectivity index (χ0) is 12.0. The van der Waals surface area contributed by atoms with E-state index < -0.39 is 0 Å². The van der Waals surface area contributed by atoms with Gasteiger partial charge in [-0.3, -0.25) is 0 Å². The van der Waals surface area contributed by atoms with Crippen molar-refractivity contribution in [3.05, 3.63) is 46.0 Å². The molecule has 1 aliphatic rings. The average molecular weight is 267 g/mol. The molecule has 1 aromatic carbocycles. The van der Waals surface area contributed by atoms with Crippen molar-refractivity contribution in [3.8, 4) is 10.4 Å².